The Bertz CT molecular complexity index is 508. The lowest BCUT2D eigenvalue weighted by atomic mass is 10.1. The molecule has 2 aliphatic rings. The highest BCUT2D eigenvalue weighted by Gasteiger charge is 2.45. The Morgan fingerprint density at radius 2 is 2.11 bits per heavy atom. The van der Waals surface area contributed by atoms with Crippen molar-refractivity contribution in [3.05, 3.63) is 23.8 Å². The van der Waals surface area contributed by atoms with Gasteiger partial charge in [0.25, 0.3) is 0 Å². The summed E-state index contributed by atoms with van der Waals surface area (Å²) in [7, 11) is 3.89. The van der Waals surface area contributed by atoms with Crippen LogP contribution in [0.4, 0.5) is 11.4 Å². The van der Waals surface area contributed by atoms with Crippen molar-refractivity contribution in [2.45, 2.75) is 19.3 Å². The van der Waals surface area contributed by atoms with Crippen molar-refractivity contribution >= 4 is 17.3 Å². The average Bonchev–Trinajstić information content (AvgIpc) is 3.09. The van der Waals surface area contributed by atoms with Crippen LogP contribution in [0.1, 0.15) is 18.4 Å². The Hall–Kier alpha value is -1.55. The smallest absolute Gasteiger partial charge is 0.231 e. The third-order valence-electron chi connectivity index (χ3n) is 4.30. The average molecular weight is 259 g/mol. The third-order valence-corrected chi connectivity index (χ3v) is 4.30. The molecule has 0 saturated heterocycles. The Balaban J connectivity index is 1.83. The number of nitrogens with zero attached hydrogens (tertiary/aromatic N) is 1. The van der Waals surface area contributed by atoms with Gasteiger partial charge in [-0.1, -0.05) is 0 Å². The summed E-state index contributed by atoms with van der Waals surface area (Å²) < 4.78 is 0. The standard InChI is InChI=1S/C15H21N3O/c1-16-9-15(5-6-15)10-18-13-4-3-12(17-2)7-11(13)8-14(18)19/h3-4,7,16-17H,5-6,8-10H2,1-2H3. The lowest BCUT2D eigenvalue weighted by Gasteiger charge is -2.24. The molecule has 0 bridgehead atoms. The first kappa shape index (κ1) is 12.5. The maximum absolute atomic E-state index is 12.2. The molecule has 0 spiro atoms. The van der Waals surface area contributed by atoms with E-state index in [-0.39, 0.29) is 5.91 Å². The van der Waals surface area contributed by atoms with Crippen LogP contribution < -0.4 is 15.5 Å². The molecule has 1 aromatic rings. The number of carbonyl (C=O) groups is 1. The Morgan fingerprint density at radius 1 is 1.32 bits per heavy atom. The van der Waals surface area contributed by atoms with E-state index in [1.165, 1.54) is 12.8 Å². The van der Waals surface area contributed by atoms with Gasteiger partial charge in [-0.3, -0.25) is 4.79 Å². The zero-order valence-electron chi connectivity index (χ0n) is 11.6. The molecule has 1 saturated carbocycles. The van der Waals surface area contributed by atoms with Crippen LogP contribution in [-0.4, -0.2) is 33.1 Å². The molecule has 1 aliphatic heterocycles. The van der Waals surface area contributed by atoms with E-state index in [2.05, 4.69) is 22.8 Å². The van der Waals surface area contributed by atoms with Crippen LogP contribution >= 0.6 is 0 Å². The van der Waals surface area contributed by atoms with Crippen LogP contribution in [0.2, 0.25) is 0 Å². The number of hydrogen-bond donors (Lipinski definition) is 2. The fraction of sp³-hybridized carbons (Fsp3) is 0.533. The van der Waals surface area contributed by atoms with Gasteiger partial charge in [-0.15, -0.1) is 0 Å². The summed E-state index contributed by atoms with van der Waals surface area (Å²) in [6, 6.07) is 6.20. The monoisotopic (exact) mass is 259 g/mol. The van der Waals surface area contributed by atoms with Crippen LogP contribution in [0.5, 0.6) is 0 Å². The zero-order chi connectivity index (χ0) is 13.5. The van der Waals surface area contributed by atoms with Crippen molar-refractivity contribution in [1.29, 1.82) is 0 Å². The van der Waals surface area contributed by atoms with Crippen molar-refractivity contribution in [3.8, 4) is 0 Å². The van der Waals surface area contributed by atoms with E-state index >= 15 is 0 Å². The Labute approximate surface area is 114 Å². The SMILES string of the molecule is CNCC1(CN2C(=O)Cc3cc(NC)ccc32)CC1. The molecule has 4 nitrogen and oxygen atoms in total. The van der Waals surface area contributed by atoms with Gasteiger partial charge in [-0.25, -0.2) is 0 Å². The molecule has 102 valence electrons. The van der Waals surface area contributed by atoms with Gasteiger partial charge in [0.2, 0.25) is 5.91 Å². The maximum atomic E-state index is 12.2. The summed E-state index contributed by atoms with van der Waals surface area (Å²) in [6.07, 6.45) is 2.99. The predicted octanol–water partition coefficient (Wildman–Crippen LogP) is 1.62. The minimum absolute atomic E-state index is 0.241. The summed E-state index contributed by atoms with van der Waals surface area (Å²) in [5.41, 5.74) is 3.64. The van der Waals surface area contributed by atoms with Gasteiger partial charge in [-0.05, 0) is 43.7 Å². The first-order valence-corrected chi connectivity index (χ1v) is 6.93. The van der Waals surface area contributed by atoms with Crippen molar-refractivity contribution < 1.29 is 4.79 Å². The largest absolute Gasteiger partial charge is 0.388 e. The molecule has 0 unspecified atom stereocenters. The summed E-state index contributed by atoms with van der Waals surface area (Å²) in [5, 5.41) is 6.38. The number of rotatable bonds is 5. The second-order valence-corrected chi connectivity index (χ2v) is 5.78. The molecule has 4 heteroatoms. The quantitative estimate of drug-likeness (QED) is 0.844. The van der Waals surface area contributed by atoms with E-state index in [1.54, 1.807) is 0 Å². The van der Waals surface area contributed by atoms with Gasteiger partial charge in [0.15, 0.2) is 0 Å². The second-order valence-electron chi connectivity index (χ2n) is 5.78. The van der Waals surface area contributed by atoms with Gasteiger partial charge >= 0.3 is 0 Å². The lowest BCUT2D eigenvalue weighted by Crippen LogP contribution is -2.37. The molecule has 0 aromatic heterocycles. The van der Waals surface area contributed by atoms with Gasteiger partial charge in [0, 0.05) is 36.9 Å². The van der Waals surface area contributed by atoms with E-state index < -0.39 is 0 Å². The van der Waals surface area contributed by atoms with Crippen LogP contribution in [0, 0.1) is 5.41 Å². The number of carbonyl (C=O) groups excluding carboxylic acids is 1. The molecule has 1 heterocycles. The van der Waals surface area contributed by atoms with Crippen molar-refractivity contribution in [2.75, 3.05) is 37.4 Å². The molecule has 0 radical (unpaired) electrons. The van der Waals surface area contributed by atoms with Gasteiger partial charge in [0.1, 0.15) is 0 Å². The molecule has 1 amide bonds. The lowest BCUT2D eigenvalue weighted by molar-refractivity contribution is -0.117. The van der Waals surface area contributed by atoms with E-state index in [9.17, 15) is 4.79 Å². The van der Waals surface area contributed by atoms with Gasteiger partial charge in [-0.2, -0.15) is 0 Å². The first-order valence-electron chi connectivity index (χ1n) is 6.93. The van der Waals surface area contributed by atoms with Crippen LogP contribution in [0.25, 0.3) is 0 Å². The summed E-state index contributed by atoms with van der Waals surface area (Å²) >= 11 is 0. The highest BCUT2D eigenvalue weighted by Crippen LogP contribution is 2.47. The van der Waals surface area contributed by atoms with E-state index in [0.29, 0.717) is 11.8 Å². The number of amides is 1. The fourth-order valence-electron chi connectivity index (χ4n) is 2.99. The minimum Gasteiger partial charge on any atom is -0.388 e. The van der Waals surface area contributed by atoms with E-state index in [4.69, 9.17) is 0 Å². The summed E-state index contributed by atoms with van der Waals surface area (Å²) in [4.78, 5) is 14.2. The summed E-state index contributed by atoms with van der Waals surface area (Å²) in [5.74, 6) is 0.241. The molecule has 1 aliphatic carbocycles. The fourth-order valence-corrected chi connectivity index (χ4v) is 2.99. The normalized spacial score (nSPS) is 19.5. The molecule has 1 aromatic carbocycles. The molecule has 0 atom stereocenters. The minimum atomic E-state index is 0.241. The van der Waals surface area contributed by atoms with Crippen LogP contribution in [0.15, 0.2) is 18.2 Å². The van der Waals surface area contributed by atoms with E-state index in [1.807, 2.05) is 25.1 Å². The topological polar surface area (TPSA) is 44.4 Å². The van der Waals surface area contributed by atoms with Crippen molar-refractivity contribution in [3.63, 3.8) is 0 Å². The molecule has 19 heavy (non-hydrogen) atoms. The first-order chi connectivity index (χ1) is 9.17. The maximum Gasteiger partial charge on any atom is 0.231 e. The van der Waals surface area contributed by atoms with Gasteiger partial charge in [0.05, 0.1) is 6.42 Å². The Morgan fingerprint density at radius 3 is 2.74 bits per heavy atom. The summed E-state index contributed by atoms with van der Waals surface area (Å²) in [6.45, 7) is 1.86. The second kappa shape index (κ2) is 4.53. The van der Waals surface area contributed by atoms with Crippen LogP contribution in [-0.2, 0) is 11.2 Å². The number of hydrogen-bond acceptors (Lipinski definition) is 3. The number of nitrogens with one attached hydrogen (secondary N) is 2. The predicted molar refractivity (Wildman–Crippen MR) is 77.6 cm³/mol. The number of anilines is 2. The highest BCUT2D eigenvalue weighted by atomic mass is 16.2. The molecule has 1 fully saturated rings. The highest BCUT2D eigenvalue weighted by molar-refractivity contribution is 6.02. The molecule has 3 rings (SSSR count). The van der Waals surface area contributed by atoms with Gasteiger partial charge < -0.3 is 15.5 Å². The zero-order valence-corrected chi connectivity index (χ0v) is 11.6. The number of benzene rings is 1. The molecule has 2 N–H and O–H groups in total. The van der Waals surface area contributed by atoms with E-state index in [0.717, 1.165) is 30.0 Å². The molecular formula is C15H21N3O. The van der Waals surface area contributed by atoms with Crippen molar-refractivity contribution in [2.24, 2.45) is 5.41 Å². The van der Waals surface area contributed by atoms with Crippen molar-refractivity contribution in [1.82, 2.24) is 5.32 Å². The molecular weight excluding hydrogens is 238 g/mol. The number of fused-ring (bicyclic) bond motifs is 1. The van der Waals surface area contributed by atoms with Crippen LogP contribution in [0.3, 0.4) is 0 Å². The third kappa shape index (κ3) is 2.21. The Kier molecular flexibility index (Phi) is 2.97.